The molecule has 1 unspecified atom stereocenters. The lowest BCUT2D eigenvalue weighted by atomic mass is 9.97. The Morgan fingerprint density at radius 3 is 3.06 bits per heavy atom. The summed E-state index contributed by atoms with van der Waals surface area (Å²) in [6, 6.07) is 3.60. The zero-order chi connectivity index (χ0) is 13.1. The molecule has 1 aromatic rings. The lowest BCUT2D eigenvalue weighted by Crippen LogP contribution is -2.41. The molecule has 1 fully saturated rings. The van der Waals surface area contributed by atoms with E-state index in [0.717, 1.165) is 19.4 Å². The van der Waals surface area contributed by atoms with E-state index in [4.69, 9.17) is 16.7 Å². The molecule has 1 atom stereocenters. The minimum Gasteiger partial charge on any atom is -0.395 e. The van der Waals surface area contributed by atoms with Gasteiger partial charge in [-0.1, -0.05) is 0 Å². The third kappa shape index (κ3) is 2.20. The minimum absolute atomic E-state index is 0.175. The highest BCUT2D eigenvalue weighted by Gasteiger charge is 2.26. The summed E-state index contributed by atoms with van der Waals surface area (Å²) < 4.78 is 0. The van der Waals surface area contributed by atoms with Crippen LogP contribution in [0.2, 0.25) is 0 Å². The maximum absolute atomic E-state index is 11.2. The molecule has 2 rings (SSSR count). The summed E-state index contributed by atoms with van der Waals surface area (Å²) in [5.41, 5.74) is 12.0. The van der Waals surface area contributed by atoms with Gasteiger partial charge >= 0.3 is 0 Å². The van der Waals surface area contributed by atoms with E-state index in [-0.39, 0.29) is 11.8 Å². The van der Waals surface area contributed by atoms with Gasteiger partial charge in [-0.15, -0.1) is 0 Å². The highest BCUT2D eigenvalue weighted by Crippen LogP contribution is 2.27. The van der Waals surface area contributed by atoms with Gasteiger partial charge in [0.2, 0.25) is 5.91 Å². The number of carbonyl (C=O) groups is 1. The van der Waals surface area contributed by atoms with Gasteiger partial charge in [0.05, 0.1) is 17.2 Å². The molecule has 6 nitrogen and oxygen atoms in total. The normalized spacial score (nSPS) is 19.3. The Labute approximate surface area is 105 Å². The molecular weight excluding hydrogens is 230 g/mol. The lowest BCUT2D eigenvalue weighted by Gasteiger charge is -2.32. The van der Waals surface area contributed by atoms with E-state index in [9.17, 15) is 4.79 Å². The van der Waals surface area contributed by atoms with E-state index >= 15 is 0 Å². The first-order valence-corrected chi connectivity index (χ1v) is 5.82. The van der Waals surface area contributed by atoms with E-state index in [1.165, 1.54) is 0 Å². The van der Waals surface area contributed by atoms with Crippen LogP contribution in [0.25, 0.3) is 0 Å². The molecule has 1 amide bonds. The van der Waals surface area contributed by atoms with E-state index in [0.29, 0.717) is 23.6 Å². The summed E-state index contributed by atoms with van der Waals surface area (Å²) in [6.45, 7) is 1.29. The largest absolute Gasteiger partial charge is 0.395 e. The molecule has 4 N–H and O–H groups in total. The number of anilines is 2. The second kappa shape index (κ2) is 4.92. The highest BCUT2D eigenvalue weighted by molar-refractivity contribution is 5.78. The summed E-state index contributed by atoms with van der Waals surface area (Å²) in [4.78, 5) is 17.4. The van der Waals surface area contributed by atoms with Crippen LogP contribution in [-0.2, 0) is 4.79 Å². The van der Waals surface area contributed by atoms with Crippen molar-refractivity contribution in [3.8, 4) is 6.07 Å². The van der Waals surface area contributed by atoms with E-state index < -0.39 is 0 Å². The van der Waals surface area contributed by atoms with Crippen LogP contribution >= 0.6 is 0 Å². The average Bonchev–Trinajstić information content (AvgIpc) is 2.39. The fraction of sp³-hybridized carbons (Fsp3) is 0.417. The van der Waals surface area contributed by atoms with Gasteiger partial charge in [-0.25, -0.2) is 4.98 Å². The number of nitrogen functional groups attached to an aromatic ring is 1. The Morgan fingerprint density at radius 1 is 1.61 bits per heavy atom. The van der Waals surface area contributed by atoms with Crippen molar-refractivity contribution >= 4 is 17.4 Å². The van der Waals surface area contributed by atoms with Crippen LogP contribution in [0.4, 0.5) is 11.5 Å². The van der Waals surface area contributed by atoms with E-state index in [1.807, 2.05) is 11.0 Å². The smallest absolute Gasteiger partial charge is 0.222 e. The third-order valence-electron chi connectivity index (χ3n) is 3.21. The van der Waals surface area contributed by atoms with E-state index in [1.54, 1.807) is 12.3 Å². The molecule has 2 heterocycles. The number of nitriles is 1. The molecule has 1 aromatic heterocycles. The molecule has 0 spiro atoms. The van der Waals surface area contributed by atoms with Gasteiger partial charge in [0.15, 0.2) is 5.82 Å². The van der Waals surface area contributed by atoms with Crippen molar-refractivity contribution in [3.63, 3.8) is 0 Å². The van der Waals surface area contributed by atoms with Gasteiger partial charge in [0, 0.05) is 19.3 Å². The van der Waals surface area contributed by atoms with Crippen molar-refractivity contribution < 1.29 is 4.79 Å². The molecule has 0 bridgehead atoms. The van der Waals surface area contributed by atoms with Gasteiger partial charge in [0.25, 0.3) is 0 Å². The second-order valence-corrected chi connectivity index (χ2v) is 4.40. The van der Waals surface area contributed by atoms with Crippen LogP contribution in [0, 0.1) is 17.2 Å². The van der Waals surface area contributed by atoms with Crippen molar-refractivity contribution in [3.05, 3.63) is 17.8 Å². The molecule has 0 saturated carbocycles. The van der Waals surface area contributed by atoms with Crippen LogP contribution in [0.3, 0.4) is 0 Å². The topological polar surface area (TPSA) is 109 Å². The van der Waals surface area contributed by atoms with Crippen molar-refractivity contribution in [2.75, 3.05) is 23.7 Å². The van der Waals surface area contributed by atoms with Crippen molar-refractivity contribution in [2.45, 2.75) is 12.8 Å². The van der Waals surface area contributed by atoms with E-state index in [2.05, 4.69) is 4.98 Å². The van der Waals surface area contributed by atoms with Crippen molar-refractivity contribution in [1.29, 1.82) is 5.26 Å². The zero-order valence-corrected chi connectivity index (χ0v) is 9.97. The Kier molecular flexibility index (Phi) is 3.33. The first-order valence-electron chi connectivity index (χ1n) is 5.82. The summed E-state index contributed by atoms with van der Waals surface area (Å²) >= 11 is 0. The number of nitrogens with two attached hydrogens (primary N) is 2. The Hall–Kier alpha value is -2.29. The van der Waals surface area contributed by atoms with Crippen LogP contribution < -0.4 is 16.4 Å². The van der Waals surface area contributed by atoms with Crippen molar-refractivity contribution in [2.24, 2.45) is 11.7 Å². The predicted molar refractivity (Wildman–Crippen MR) is 67.5 cm³/mol. The first kappa shape index (κ1) is 12.2. The number of hydrogen-bond acceptors (Lipinski definition) is 5. The first-order chi connectivity index (χ1) is 8.63. The number of hydrogen-bond donors (Lipinski definition) is 2. The number of aromatic nitrogens is 1. The van der Waals surface area contributed by atoms with Gasteiger partial charge < -0.3 is 16.4 Å². The van der Waals surface area contributed by atoms with Crippen LogP contribution in [0.5, 0.6) is 0 Å². The second-order valence-electron chi connectivity index (χ2n) is 4.40. The summed E-state index contributed by atoms with van der Waals surface area (Å²) in [7, 11) is 0. The molecule has 1 aliphatic rings. The SMILES string of the molecule is N#Cc1ccnc(N2CCCC(C(N)=O)C2)c1N. The van der Waals surface area contributed by atoms with Crippen molar-refractivity contribution in [1.82, 2.24) is 4.98 Å². The molecular formula is C12H15N5O. The highest BCUT2D eigenvalue weighted by atomic mass is 16.1. The third-order valence-corrected chi connectivity index (χ3v) is 3.21. The number of pyridine rings is 1. The molecule has 1 saturated heterocycles. The number of primary amides is 1. The predicted octanol–water partition coefficient (Wildman–Crippen LogP) is 0.237. The fourth-order valence-corrected chi connectivity index (χ4v) is 2.21. The minimum atomic E-state index is -0.297. The van der Waals surface area contributed by atoms with Gasteiger partial charge in [-0.05, 0) is 18.9 Å². The molecule has 0 aliphatic carbocycles. The van der Waals surface area contributed by atoms with Gasteiger partial charge in [0.1, 0.15) is 6.07 Å². The number of rotatable bonds is 2. The zero-order valence-electron chi connectivity index (χ0n) is 9.97. The molecule has 94 valence electrons. The molecule has 0 aromatic carbocycles. The number of piperidine rings is 1. The monoisotopic (exact) mass is 245 g/mol. The van der Waals surface area contributed by atoms with Crippen LogP contribution in [0.15, 0.2) is 12.3 Å². The Balaban J connectivity index is 2.27. The number of amides is 1. The maximum atomic E-state index is 11.2. The molecule has 18 heavy (non-hydrogen) atoms. The summed E-state index contributed by atoms with van der Waals surface area (Å²) in [6.07, 6.45) is 3.22. The molecule has 0 radical (unpaired) electrons. The Morgan fingerprint density at radius 2 is 2.39 bits per heavy atom. The van der Waals surface area contributed by atoms with Crippen LogP contribution in [-0.4, -0.2) is 24.0 Å². The summed E-state index contributed by atoms with van der Waals surface area (Å²) in [5, 5.41) is 8.93. The Bertz CT molecular complexity index is 508. The fourth-order valence-electron chi connectivity index (χ4n) is 2.21. The van der Waals surface area contributed by atoms with Gasteiger partial charge in [-0.2, -0.15) is 5.26 Å². The summed E-state index contributed by atoms with van der Waals surface area (Å²) in [5.74, 6) is 0.0976. The maximum Gasteiger partial charge on any atom is 0.222 e. The standard InChI is InChI=1S/C12H15N5O/c13-6-8-3-4-16-12(10(8)14)17-5-1-2-9(7-17)11(15)18/h3-4,9H,1-2,5,7,14H2,(H2,15,18). The number of carbonyl (C=O) groups excluding carboxylic acids is 1. The van der Waals surface area contributed by atoms with Gasteiger partial charge in [-0.3, -0.25) is 4.79 Å². The molecule has 6 heteroatoms. The lowest BCUT2D eigenvalue weighted by molar-refractivity contribution is -0.122. The quantitative estimate of drug-likeness (QED) is 0.775. The van der Waals surface area contributed by atoms with Crippen LogP contribution in [0.1, 0.15) is 18.4 Å². The number of nitrogens with zero attached hydrogens (tertiary/aromatic N) is 3. The average molecular weight is 245 g/mol. The molecule has 1 aliphatic heterocycles.